The maximum Gasteiger partial charge on any atom is 0.416 e. The molecule has 2 rings (SSSR count). The van der Waals surface area contributed by atoms with Gasteiger partial charge in [0.2, 0.25) is 0 Å². The fraction of sp³-hybridized carbons (Fsp3) is 0.500. The number of carbonyl (C=O) groups excluding carboxylic acids is 1. The second-order valence-corrected chi connectivity index (χ2v) is 15.4. The third-order valence-electron chi connectivity index (χ3n) is 6.45. The first-order valence-corrected chi connectivity index (χ1v) is 14.1. The highest BCUT2D eigenvalue weighted by atomic mass is 28.4. The topological polar surface area (TPSA) is 38.3 Å². The third kappa shape index (κ3) is 6.70. The number of rotatable bonds is 7. The van der Waals surface area contributed by atoms with Crippen LogP contribution in [0.5, 0.6) is 0 Å². The third-order valence-corrected chi connectivity index (χ3v) is 11.1. The molecular formula is C26H36F3NO2Si. The van der Waals surface area contributed by atoms with E-state index in [9.17, 15) is 18.0 Å². The van der Waals surface area contributed by atoms with Crippen molar-refractivity contribution in [2.24, 2.45) is 0 Å². The predicted molar refractivity (Wildman–Crippen MR) is 130 cm³/mol. The molecule has 1 amide bonds. The molecule has 33 heavy (non-hydrogen) atoms. The fourth-order valence-electron chi connectivity index (χ4n) is 3.64. The molecular weight excluding hydrogens is 443 g/mol. The van der Waals surface area contributed by atoms with E-state index < -0.39 is 37.6 Å². The van der Waals surface area contributed by atoms with Crippen LogP contribution >= 0.6 is 0 Å². The molecule has 7 heteroatoms. The van der Waals surface area contributed by atoms with Crippen molar-refractivity contribution in [2.75, 3.05) is 0 Å². The van der Waals surface area contributed by atoms with Crippen LogP contribution in [-0.4, -0.2) is 25.9 Å². The summed E-state index contributed by atoms with van der Waals surface area (Å²) in [6, 6.07) is 14.1. The Morgan fingerprint density at radius 3 is 1.97 bits per heavy atom. The number of hydrogen-bond donors (Lipinski definition) is 1. The van der Waals surface area contributed by atoms with Gasteiger partial charge in [-0.2, -0.15) is 13.2 Å². The van der Waals surface area contributed by atoms with Crippen molar-refractivity contribution < 1.29 is 22.4 Å². The van der Waals surface area contributed by atoms with Crippen LogP contribution in [-0.2, 0) is 15.4 Å². The van der Waals surface area contributed by atoms with Gasteiger partial charge < -0.3 is 9.74 Å². The van der Waals surface area contributed by atoms with Crippen LogP contribution in [0.1, 0.15) is 64.2 Å². The van der Waals surface area contributed by atoms with E-state index in [2.05, 4.69) is 39.2 Å². The standard InChI is InChI=1S/C26H36F3NO2Si/c1-18(30-23(31)25(5,6)32-33(7,8)24(2,3)4)22(19-13-10-9-11-14-19)20-15-12-16-21(17-20)26(27,28)29/h9-18,22H,1-8H3,(H,30,31). The molecule has 2 aromatic carbocycles. The lowest BCUT2D eigenvalue weighted by atomic mass is 9.84. The highest BCUT2D eigenvalue weighted by molar-refractivity contribution is 6.74. The van der Waals surface area contributed by atoms with Crippen molar-refractivity contribution in [1.82, 2.24) is 5.32 Å². The molecule has 0 saturated heterocycles. The monoisotopic (exact) mass is 479 g/mol. The molecule has 1 N–H and O–H groups in total. The van der Waals surface area contributed by atoms with Gasteiger partial charge in [-0.05, 0) is 56.1 Å². The predicted octanol–water partition coefficient (Wildman–Crippen LogP) is 7.14. The molecule has 0 aliphatic carbocycles. The molecule has 0 spiro atoms. The van der Waals surface area contributed by atoms with Crippen molar-refractivity contribution >= 4 is 14.2 Å². The summed E-state index contributed by atoms with van der Waals surface area (Å²) in [5.41, 5.74) is -0.465. The van der Waals surface area contributed by atoms with Crippen LogP contribution in [0, 0.1) is 0 Å². The molecule has 0 fully saturated rings. The molecule has 2 unspecified atom stereocenters. The number of hydrogen-bond acceptors (Lipinski definition) is 2. The van der Waals surface area contributed by atoms with Gasteiger partial charge in [0.1, 0.15) is 5.60 Å². The summed E-state index contributed by atoms with van der Waals surface area (Å²) in [5, 5.41) is 2.96. The van der Waals surface area contributed by atoms with Gasteiger partial charge in [0.25, 0.3) is 5.91 Å². The lowest BCUT2D eigenvalue weighted by Gasteiger charge is -2.42. The van der Waals surface area contributed by atoms with Crippen molar-refractivity contribution in [3.8, 4) is 0 Å². The first-order valence-electron chi connectivity index (χ1n) is 11.2. The van der Waals surface area contributed by atoms with Gasteiger partial charge in [-0.3, -0.25) is 4.79 Å². The Morgan fingerprint density at radius 2 is 1.45 bits per heavy atom. The van der Waals surface area contributed by atoms with E-state index in [1.54, 1.807) is 19.9 Å². The van der Waals surface area contributed by atoms with Crippen molar-refractivity contribution in [3.05, 3.63) is 71.3 Å². The molecule has 0 bridgehead atoms. The minimum absolute atomic E-state index is 0.0687. The number of amides is 1. The van der Waals surface area contributed by atoms with Crippen LogP contribution < -0.4 is 5.32 Å². The van der Waals surface area contributed by atoms with Crippen LogP contribution in [0.25, 0.3) is 0 Å². The van der Waals surface area contributed by atoms with Gasteiger partial charge in [0.15, 0.2) is 8.32 Å². The van der Waals surface area contributed by atoms with Gasteiger partial charge in [-0.25, -0.2) is 0 Å². The van der Waals surface area contributed by atoms with Crippen LogP contribution in [0.3, 0.4) is 0 Å². The molecule has 0 aliphatic heterocycles. The van der Waals surface area contributed by atoms with E-state index >= 15 is 0 Å². The molecule has 2 aromatic rings. The quantitative estimate of drug-likeness (QED) is 0.429. The number of nitrogens with one attached hydrogen (secondary N) is 1. The average molecular weight is 480 g/mol. The number of benzene rings is 2. The van der Waals surface area contributed by atoms with E-state index in [1.807, 2.05) is 37.3 Å². The minimum Gasteiger partial charge on any atom is -0.403 e. The Hall–Kier alpha value is -2.12. The zero-order valence-corrected chi connectivity index (χ0v) is 21.8. The molecule has 0 heterocycles. The summed E-state index contributed by atoms with van der Waals surface area (Å²) >= 11 is 0. The van der Waals surface area contributed by atoms with E-state index in [1.165, 1.54) is 6.07 Å². The van der Waals surface area contributed by atoms with Gasteiger partial charge in [-0.1, -0.05) is 69.3 Å². The molecule has 0 radical (unpaired) electrons. The Labute approximate surface area is 196 Å². The normalized spacial score (nSPS) is 15.1. The molecule has 2 atom stereocenters. The number of alkyl halides is 3. The Morgan fingerprint density at radius 1 is 0.909 bits per heavy atom. The Balaban J connectivity index is 2.37. The number of halogens is 3. The molecule has 0 saturated carbocycles. The molecule has 0 aromatic heterocycles. The lowest BCUT2D eigenvalue weighted by Crippen LogP contribution is -2.55. The van der Waals surface area contributed by atoms with E-state index in [0.717, 1.165) is 17.7 Å². The Bertz CT molecular complexity index is 950. The number of carbonyl (C=O) groups is 1. The fourth-order valence-corrected chi connectivity index (χ4v) is 5.31. The molecule has 0 aliphatic rings. The largest absolute Gasteiger partial charge is 0.416 e. The summed E-state index contributed by atoms with van der Waals surface area (Å²) in [6.07, 6.45) is -4.44. The maximum atomic E-state index is 13.4. The second kappa shape index (κ2) is 9.62. The summed E-state index contributed by atoms with van der Waals surface area (Å²) < 4.78 is 46.5. The second-order valence-electron chi connectivity index (χ2n) is 10.6. The van der Waals surface area contributed by atoms with Gasteiger partial charge in [0.05, 0.1) is 5.56 Å². The average Bonchev–Trinajstić information content (AvgIpc) is 2.67. The summed E-state index contributed by atoms with van der Waals surface area (Å²) in [5.74, 6) is -0.742. The summed E-state index contributed by atoms with van der Waals surface area (Å²) in [4.78, 5) is 13.3. The smallest absolute Gasteiger partial charge is 0.403 e. The zero-order valence-electron chi connectivity index (χ0n) is 20.8. The van der Waals surface area contributed by atoms with Crippen LogP contribution in [0.15, 0.2) is 54.6 Å². The van der Waals surface area contributed by atoms with Crippen molar-refractivity contribution in [2.45, 2.75) is 83.4 Å². The van der Waals surface area contributed by atoms with Crippen LogP contribution in [0.2, 0.25) is 18.1 Å². The minimum atomic E-state index is -4.44. The summed E-state index contributed by atoms with van der Waals surface area (Å²) in [6.45, 7) is 15.8. The highest BCUT2D eigenvalue weighted by Gasteiger charge is 2.44. The van der Waals surface area contributed by atoms with Gasteiger partial charge >= 0.3 is 6.18 Å². The lowest BCUT2D eigenvalue weighted by molar-refractivity contribution is -0.138. The van der Waals surface area contributed by atoms with E-state index in [4.69, 9.17) is 4.43 Å². The molecule has 3 nitrogen and oxygen atoms in total. The van der Waals surface area contributed by atoms with Gasteiger partial charge in [0, 0.05) is 12.0 Å². The SMILES string of the molecule is CC(NC(=O)C(C)(C)O[Si](C)(C)C(C)(C)C)C(c1ccccc1)c1cccc(C(F)(F)F)c1. The van der Waals surface area contributed by atoms with Crippen LogP contribution in [0.4, 0.5) is 13.2 Å². The van der Waals surface area contributed by atoms with Crippen molar-refractivity contribution in [3.63, 3.8) is 0 Å². The zero-order chi connectivity index (χ0) is 25.2. The Kier molecular flexibility index (Phi) is 7.91. The summed E-state index contributed by atoms with van der Waals surface area (Å²) in [7, 11) is -2.22. The molecule has 182 valence electrons. The van der Waals surface area contributed by atoms with Gasteiger partial charge in [-0.15, -0.1) is 0 Å². The van der Waals surface area contributed by atoms with Crippen molar-refractivity contribution in [1.29, 1.82) is 0 Å². The van der Waals surface area contributed by atoms with E-state index in [0.29, 0.717) is 5.56 Å². The first kappa shape index (κ1) is 27.1. The highest BCUT2D eigenvalue weighted by Crippen LogP contribution is 2.39. The first-order chi connectivity index (χ1) is 15.0. The maximum absolute atomic E-state index is 13.4. The van der Waals surface area contributed by atoms with E-state index in [-0.39, 0.29) is 10.9 Å².